The predicted molar refractivity (Wildman–Crippen MR) is 84.6 cm³/mol. The summed E-state index contributed by atoms with van der Waals surface area (Å²) in [5.74, 6) is 0.122. The summed E-state index contributed by atoms with van der Waals surface area (Å²) in [6, 6.07) is 10.2. The molecule has 2 aromatic carbocycles. The molecule has 0 aliphatic carbocycles. The third-order valence-electron chi connectivity index (χ3n) is 2.95. The molecule has 1 N–H and O–H groups in total. The van der Waals surface area contributed by atoms with Gasteiger partial charge in [-0.2, -0.15) is 0 Å². The van der Waals surface area contributed by atoms with Gasteiger partial charge < -0.3 is 10.1 Å². The third-order valence-corrected chi connectivity index (χ3v) is 3.56. The summed E-state index contributed by atoms with van der Waals surface area (Å²) in [5.41, 5.74) is 1.79. The van der Waals surface area contributed by atoms with E-state index in [1.807, 2.05) is 25.1 Å². The Morgan fingerprint density at radius 2 is 1.81 bits per heavy atom. The lowest BCUT2D eigenvalue weighted by molar-refractivity contribution is 0.305. The third kappa shape index (κ3) is 4.60. The van der Waals surface area contributed by atoms with Gasteiger partial charge in [0.15, 0.2) is 0 Å². The second-order valence-electron chi connectivity index (χ2n) is 4.58. The van der Waals surface area contributed by atoms with Gasteiger partial charge in [-0.25, -0.2) is 4.39 Å². The van der Waals surface area contributed by atoms with Crippen molar-refractivity contribution in [2.75, 3.05) is 6.54 Å². The first kappa shape index (κ1) is 16.1. The Kier molecular flexibility index (Phi) is 5.85. The minimum absolute atomic E-state index is 0.101. The molecule has 21 heavy (non-hydrogen) atoms. The molecule has 5 heteroatoms. The van der Waals surface area contributed by atoms with Crippen LogP contribution >= 0.6 is 23.2 Å². The van der Waals surface area contributed by atoms with Gasteiger partial charge in [-0.05, 0) is 41.9 Å². The van der Waals surface area contributed by atoms with E-state index in [4.69, 9.17) is 27.9 Å². The quantitative estimate of drug-likeness (QED) is 0.821. The first-order valence-corrected chi connectivity index (χ1v) is 7.41. The van der Waals surface area contributed by atoms with Crippen LogP contribution in [0, 0.1) is 5.82 Å². The van der Waals surface area contributed by atoms with Crippen molar-refractivity contribution >= 4 is 23.2 Å². The van der Waals surface area contributed by atoms with E-state index in [1.165, 1.54) is 12.1 Å². The fourth-order valence-electron chi connectivity index (χ4n) is 1.83. The van der Waals surface area contributed by atoms with Gasteiger partial charge in [-0.15, -0.1) is 0 Å². The van der Waals surface area contributed by atoms with E-state index in [9.17, 15) is 4.39 Å². The van der Waals surface area contributed by atoms with Gasteiger partial charge in [0, 0.05) is 6.54 Å². The highest BCUT2D eigenvalue weighted by Crippen LogP contribution is 2.26. The monoisotopic (exact) mass is 327 g/mol. The van der Waals surface area contributed by atoms with E-state index < -0.39 is 5.82 Å². The minimum atomic E-state index is -0.454. The van der Waals surface area contributed by atoms with Crippen LogP contribution in [0.25, 0.3) is 0 Å². The summed E-state index contributed by atoms with van der Waals surface area (Å²) >= 11 is 11.8. The van der Waals surface area contributed by atoms with Crippen LogP contribution in [0.2, 0.25) is 10.0 Å². The van der Waals surface area contributed by atoms with E-state index in [2.05, 4.69) is 5.32 Å². The zero-order valence-corrected chi connectivity index (χ0v) is 13.1. The zero-order valence-electron chi connectivity index (χ0n) is 11.6. The highest BCUT2D eigenvalue weighted by molar-refractivity contribution is 6.32. The maximum Gasteiger partial charge on any atom is 0.142 e. The minimum Gasteiger partial charge on any atom is -0.487 e. The summed E-state index contributed by atoms with van der Waals surface area (Å²) in [7, 11) is 0. The highest BCUT2D eigenvalue weighted by Gasteiger charge is 2.05. The first-order valence-electron chi connectivity index (χ1n) is 6.66. The standard InChI is InChI=1S/C16H16Cl2FNO/c1-2-20-9-11-4-6-16(14(18)7-11)21-10-12-3-5-13(17)15(19)8-12/h3-8,20H,2,9-10H2,1H3. The average molecular weight is 328 g/mol. The predicted octanol–water partition coefficient (Wildman–Crippen LogP) is 4.82. The molecule has 2 nitrogen and oxygen atoms in total. The van der Waals surface area contributed by atoms with Crippen molar-refractivity contribution in [2.24, 2.45) is 0 Å². The van der Waals surface area contributed by atoms with Crippen LogP contribution < -0.4 is 10.1 Å². The number of nitrogens with one attached hydrogen (secondary N) is 1. The van der Waals surface area contributed by atoms with E-state index in [1.54, 1.807) is 6.07 Å². The fraction of sp³-hybridized carbons (Fsp3) is 0.250. The van der Waals surface area contributed by atoms with E-state index >= 15 is 0 Å². The second-order valence-corrected chi connectivity index (χ2v) is 5.40. The second kappa shape index (κ2) is 7.64. The molecule has 112 valence electrons. The van der Waals surface area contributed by atoms with Crippen LogP contribution in [0.1, 0.15) is 18.1 Å². The smallest absolute Gasteiger partial charge is 0.142 e. The maximum absolute atomic E-state index is 13.3. The molecule has 0 radical (unpaired) electrons. The largest absolute Gasteiger partial charge is 0.487 e. The van der Waals surface area contributed by atoms with Gasteiger partial charge in [0.2, 0.25) is 0 Å². The van der Waals surface area contributed by atoms with Gasteiger partial charge >= 0.3 is 0 Å². The molecule has 0 saturated heterocycles. The van der Waals surface area contributed by atoms with E-state index in [-0.39, 0.29) is 11.6 Å². The van der Waals surface area contributed by atoms with Gasteiger partial charge in [0.25, 0.3) is 0 Å². The van der Waals surface area contributed by atoms with Crippen LogP contribution in [0.5, 0.6) is 5.75 Å². The first-order chi connectivity index (χ1) is 10.1. The highest BCUT2D eigenvalue weighted by atomic mass is 35.5. The van der Waals surface area contributed by atoms with Crippen molar-refractivity contribution in [2.45, 2.75) is 20.1 Å². The van der Waals surface area contributed by atoms with Crippen molar-refractivity contribution in [3.8, 4) is 5.75 Å². The lowest BCUT2D eigenvalue weighted by Gasteiger charge is -2.10. The van der Waals surface area contributed by atoms with Crippen molar-refractivity contribution < 1.29 is 9.13 Å². The van der Waals surface area contributed by atoms with Crippen LogP contribution in [-0.2, 0) is 13.2 Å². The number of benzene rings is 2. The summed E-state index contributed by atoms with van der Waals surface area (Å²) in [6.45, 7) is 3.95. The topological polar surface area (TPSA) is 21.3 Å². The van der Waals surface area contributed by atoms with Crippen LogP contribution in [0.4, 0.5) is 4.39 Å². The van der Waals surface area contributed by atoms with Crippen molar-refractivity contribution in [3.05, 3.63) is 63.4 Å². The molecule has 2 aromatic rings. The molecule has 0 saturated carbocycles. The SMILES string of the molecule is CCNCc1ccc(OCc2ccc(Cl)c(F)c2)c(Cl)c1. The van der Waals surface area contributed by atoms with Gasteiger partial charge in [0.05, 0.1) is 10.0 Å². The van der Waals surface area contributed by atoms with Crippen LogP contribution in [0.3, 0.4) is 0 Å². The molecule has 0 aliphatic rings. The van der Waals surface area contributed by atoms with Crippen LogP contribution in [-0.4, -0.2) is 6.54 Å². The molecule has 0 bridgehead atoms. The Labute approximate surface area is 133 Å². The Morgan fingerprint density at radius 1 is 1.05 bits per heavy atom. The Bertz CT molecular complexity index is 619. The summed E-state index contributed by atoms with van der Waals surface area (Å²) in [4.78, 5) is 0. The van der Waals surface area contributed by atoms with Crippen molar-refractivity contribution in [1.82, 2.24) is 5.32 Å². The number of hydrogen-bond acceptors (Lipinski definition) is 2. The maximum atomic E-state index is 13.3. The lowest BCUT2D eigenvalue weighted by Crippen LogP contribution is -2.11. The molecule has 0 heterocycles. The summed E-state index contributed by atoms with van der Waals surface area (Å²) in [5, 5.41) is 3.87. The molecular formula is C16H16Cl2FNO. The van der Waals surface area contributed by atoms with Gasteiger partial charge in [-0.1, -0.05) is 42.3 Å². The number of rotatable bonds is 6. The molecule has 0 atom stereocenters. The molecule has 0 unspecified atom stereocenters. The summed E-state index contributed by atoms with van der Waals surface area (Å²) in [6.07, 6.45) is 0. The molecule has 0 aliphatic heterocycles. The molecular weight excluding hydrogens is 312 g/mol. The van der Waals surface area contributed by atoms with Gasteiger partial charge in [0.1, 0.15) is 18.2 Å². The van der Waals surface area contributed by atoms with Crippen LogP contribution in [0.15, 0.2) is 36.4 Å². The fourth-order valence-corrected chi connectivity index (χ4v) is 2.21. The summed E-state index contributed by atoms with van der Waals surface area (Å²) < 4.78 is 19.0. The Morgan fingerprint density at radius 3 is 2.48 bits per heavy atom. The Hall–Kier alpha value is -1.29. The number of hydrogen-bond donors (Lipinski definition) is 1. The van der Waals surface area contributed by atoms with Crippen molar-refractivity contribution in [3.63, 3.8) is 0 Å². The molecule has 0 fully saturated rings. The molecule has 0 amide bonds. The van der Waals surface area contributed by atoms with E-state index in [0.29, 0.717) is 16.3 Å². The number of ether oxygens (including phenoxy) is 1. The average Bonchev–Trinajstić information content (AvgIpc) is 2.47. The van der Waals surface area contributed by atoms with Crippen molar-refractivity contribution in [1.29, 1.82) is 0 Å². The molecule has 0 aromatic heterocycles. The Balaban J connectivity index is 2.01. The molecule has 2 rings (SSSR count). The molecule has 0 spiro atoms. The zero-order chi connectivity index (χ0) is 15.2. The number of halogens is 3. The van der Waals surface area contributed by atoms with E-state index in [0.717, 1.165) is 18.7 Å². The normalized spacial score (nSPS) is 10.7. The van der Waals surface area contributed by atoms with Gasteiger partial charge in [-0.3, -0.25) is 0 Å². The lowest BCUT2D eigenvalue weighted by atomic mass is 10.2.